The Morgan fingerprint density at radius 2 is 1.72 bits per heavy atom. The summed E-state index contributed by atoms with van der Waals surface area (Å²) in [6, 6.07) is 23.3. The Hall–Kier alpha value is -2.23. The molecule has 1 amide bonds. The number of amides is 1. The van der Waals surface area contributed by atoms with Crippen LogP contribution in [0.15, 0.2) is 77.7 Å². The van der Waals surface area contributed by atoms with E-state index in [0.717, 1.165) is 22.0 Å². The number of hydrogen-bond donors (Lipinski definition) is 1. The van der Waals surface area contributed by atoms with E-state index in [0.29, 0.717) is 5.56 Å². The molecule has 0 unspecified atom stereocenters. The van der Waals surface area contributed by atoms with E-state index in [1.54, 1.807) is 11.8 Å². The molecule has 0 atom stereocenters. The van der Waals surface area contributed by atoms with Gasteiger partial charge in [-0.25, -0.2) is 0 Å². The topological polar surface area (TPSA) is 29.1 Å². The Morgan fingerprint density at radius 1 is 1.00 bits per heavy atom. The quantitative estimate of drug-likeness (QED) is 0.544. The largest absolute Gasteiger partial charge is 0.322 e. The first kappa shape index (κ1) is 17.6. The maximum absolute atomic E-state index is 12.3. The average Bonchev–Trinajstić information content (AvgIpc) is 2.62. The highest BCUT2D eigenvalue weighted by atomic mass is 35.5. The van der Waals surface area contributed by atoms with Crippen LogP contribution >= 0.6 is 23.4 Å². The van der Waals surface area contributed by atoms with Crippen molar-refractivity contribution in [1.29, 1.82) is 0 Å². The summed E-state index contributed by atoms with van der Waals surface area (Å²) in [6.07, 6.45) is 0. The summed E-state index contributed by atoms with van der Waals surface area (Å²) in [5.41, 5.74) is 3.76. The van der Waals surface area contributed by atoms with Crippen molar-refractivity contribution in [2.45, 2.75) is 17.6 Å². The summed E-state index contributed by atoms with van der Waals surface area (Å²) in [5, 5.41) is 3.67. The Morgan fingerprint density at radius 3 is 2.40 bits per heavy atom. The van der Waals surface area contributed by atoms with E-state index in [2.05, 4.69) is 5.32 Å². The second kappa shape index (κ2) is 8.24. The molecule has 0 aliphatic heterocycles. The molecule has 0 aliphatic carbocycles. The Labute approximate surface area is 157 Å². The zero-order valence-electron chi connectivity index (χ0n) is 13.8. The van der Waals surface area contributed by atoms with Crippen molar-refractivity contribution in [3.63, 3.8) is 0 Å². The molecule has 3 rings (SSSR count). The minimum Gasteiger partial charge on any atom is -0.322 e. The van der Waals surface area contributed by atoms with Crippen molar-refractivity contribution < 1.29 is 4.79 Å². The second-order valence-corrected chi connectivity index (χ2v) is 7.25. The lowest BCUT2D eigenvalue weighted by Gasteiger charge is -2.07. The Balaban J connectivity index is 1.59. The molecule has 0 heterocycles. The number of thioether (sulfide) groups is 1. The van der Waals surface area contributed by atoms with Crippen molar-refractivity contribution in [1.82, 2.24) is 0 Å². The highest BCUT2D eigenvalue weighted by Gasteiger charge is 2.06. The maximum atomic E-state index is 12.3. The first-order valence-corrected chi connectivity index (χ1v) is 9.32. The number of anilines is 1. The molecule has 2 nitrogen and oxygen atoms in total. The molecule has 0 aromatic heterocycles. The molecule has 0 saturated heterocycles. The predicted molar refractivity (Wildman–Crippen MR) is 107 cm³/mol. The molecular weight excluding hydrogens is 350 g/mol. The van der Waals surface area contributed by atoms with Gasteiger partial charge in [0.15, 0.2) is 0 Å². The fourth-order valence-electron chi connectivity index (χ4n) is 2.38. The first-order chi connectivity index (χ1) is 12.1. The van der Waals surface area contributed by atoms with E-state index < -0.39 is 0 Å². The predicted octanol–water partition coefficient (Wildman–Crippen LogP) is 6.19. The molecular formula is C21H18ClNOS. The summed E-state index contributed by atoms with van der Waals surface area (Å²) in [7, 11) is 0. The molecule has 126 valence electrons. The number of rotatable bonds is 5. The number of halogens is 1. The summed E-state index contributed by atoms with van der Waals surface area (Å²) in [6.45, 7) is 2.00. The third kappa shape index (κ3) is 5.12. The second-order valence-electron chi connectivity index (χ2n) is 5.76. The molecule has 25 heavy (non-hydrogen) atoms. The molecule has 3 aromatic rings. The average molecular weight is 368 g/mol. The lowest BCUT2D eigenvalue weighted by molar-refractivity contribution is 0.102. The minimum absolute atomic E-state index is 0.0949. The molecule has 0 bridgehead atoms. The number of aryl methyl sites for hydroxylation is 1. The van der Waals surface area contributed by atoms with E-state index >= 15 is 0 Å². The van der Waals surface area contributed by atoms with Crippen LogP contribution in [0.2, 0.25) is 5.02 Å². The highest BCUT2D eigenvalue weighted by molar-refractivity contribution is 7.98. The van der Waals surface area contributed by atoms with E-state index in [1.807, 2.05) is 79.7 Å². The van der Waals surface area contributed by atoms with Crippen LogP contribution in [0.3, 0.4) is 0 Å². The van der Waals surface area contributed by atoms with Crippen LogP contribution < -0.4 is 5.32 Å². The molecule has 4 heteroatoms. The molecule has 0 radical (unpaired) electrons. The van der Waals surface area contributed by atoms with Crippen LogP contribution in [0.1, 0.15) is 21.5 Å². The van der Waals surface area contributed by atoms with Gasteiger partial charge in [0.25, 0.3) is 5.91 Å². The molecule has 0 aliphatic rings. The van der Waals surface area contributed by atoms with Gasteiger partial charge in [-0.2, -0.15) is 0 Å². The van der Waals surface area contributed by atoms with Gasteiger partial charge >= 0.3 is 0 Å². The fourth-order valence-corrected chi connectivity index (χ4v) is 3.36. The summed E-state index contributed by atoms with van der Waals surface area (Å²) >= 11 is 7.64. The van der Waals surface area contributed by atoms with Crippen LogP contribution in [0, 0.1) is 6.92 Å². The van der Waals surface area contributed by atoms with Crippen molar-refractivity contribution >= 4 is 35.0 Å². The lowest BCUT2D eigenvalue weighted by atomic mass is 10.1. The van der Waals surface area contributed by atoms with E-state index in [1.165, 1.54) is 10.5 Å². The molecule has 1 N–H and O–H groups in total. The van der Waals surface area contributed by atoms with Gasteiger partial charge in [-0.15, -0.1) is 11.8 Å². The van der Waals surface area contributed by atoms with E-state index in [9.17, 15) is 4.79 Å². The molecule has 0 spiro atoms. The van der Waals surface area contributed by atoms with Gasteiger partial charge in [-0.1, -0.05) is 35.9 Å². The smallest absolute Gasteiger partial charge is 0.255 e. The summed E-state index contributed by atoms with van der Waals surface area (Å²) in [4.78, 5) is 13.5. The zero-order valence-corrected chi connectivity index (χ0v) is 15.4. The fraction of sp³-hybridized carbons (Fsp3) is 0.0952. The van der Waals surface area contributed by atoms with Crippen LogP contribution in [-0.2, 0) is 5.75 Å². The van der Waals surface area contributed by atoms with Gasteiger partial charge in [0, 0.05) is 26.9 Å². The monoisotopic (exact) mass is 367 g/mol. The number of carbonyl (C=O) groups excluding carboxylic acids is 1. The van der Waals surface area contributed by atoms with E-state index in [-0.39, 0.29) is 5.91 Å². The zero-order chi connectivity index (χ0) is 17.6. The molecule has 0 saturated carbocycles. The highest BCUT2D eigenvalue weighted by Crippen LogP contribution is 2.24. The molecule has 0 fully saturated rings. The van der Waals surface area contributed by atoms with Crippen LogP contribution in [-0.4, -0.2) is 5.91 Å². The van der Waals surface area contributed by atoms with Crippen molar-refractivity contribution in [3.05, 3.63) is 94.5 Å². The van der Waals surface area contributed by atoms with Gasteiger partial charge in [0.1, 0.15) is 0 Å². The van der Waals surface area contributed by atoms with Gasteiger partial charge in [-0.3, -0.25) is 4.79 Å². The number of nitrogens with one attached hydrogen (secondary N) is 1. The van der Waals surface area contributed by atoms with Gasteiger partial charge in [-0.05, 0) is 66.6 Å². The standard InChI is InChI=1S/C21H18ClNOS/c1-15-3-2-4-19(13-15)23-21(24)17-7-5-16(6-8-17)14-25-20-11-9-18(22)10-12-20/h2-13H,14H2,1H3,(H,23,24). The normalized spacial score (nSPS) is 10.5. The third-order valence-corrected chi connectivity index (χ3v) is 5.05. The van der Waals surface area contributed by atoms with Crippen molar-refractivity contribution in [2.75, 3.05) is 5.32 Å². The minimum atomic E-state index is -0.0949. The van der Waals surface area contributed by atoms with Crippen molar-refractivity contribution in [2.24, 2.45) is 0 Å². The summed E-state index contributed by atoms with van der Waals surface area (Å²) < 4.78 is 0. The van der Waals surface area contributed by atoms with Gasteiger partial charge < -0.3 is 5.32 Å². The van der Waals surface area contributed by atoms with Crippen LogP contribution in [0.4, 0.5) is 5.69 Å². The van der Waals surface area contributed by atoms with Crippen LogP contribution in [0.5, 0.6) is 0 Å². The SMILES string of the molecule is Cc1cccc(NC(=O)c2ccc(CSc3ccc(Cl)cc3)cc2)c1. The summed E-state index contributed by atoms with van der Waals surface area (Å²) in [5.74, 6) is 0.754. The van der Waals surface area contributed by atoms with E-state index in [4.69, 9.17) is 11.6 Å². The lowest BCUT2D eigenvalue weighted by Crippen LogP contribution is -2.11. The van der Waals surface area contributed by atoms with Gasteiger partial charge in [0.2, 0.25) is 0 Å². The molecule has 3 aromatic carbocycles. The number of hydrogen-bond acceptors (Lipinski definition) is 2. The van der Waals surface area contributed by atoms with Crippen molar-refractivity contribution in [3.8, 4) is 0 Å². The first-order valence-electron chi connectivity index (χ1n) is 7.95. The maximum Gasteiger partial charge on any atom is 0.255 e. The van der Waals surface area contributed by atoms with Crippen LogP contribution in [0.25, 0.3) is 0 Å². The number of carbonyl (C=O) groups is 1. The third-order valence-electron chi connectivity index (χ3n) is 3.71. The number of benzene rings is 3. The Bertz CT molecular complexity index is 860. The van der Waals surface area contributed by atoms with Gasteiger partial charge in [0.05, 0.1) is 0 Å². The Kier molecular flexibility index (Phi) is 5.79.